The summed E-state index contributed by atoms with van der Waals surface area (Å²) in [5, 5.41) is 0. The number of ketones is 1. The molecule has 1 aliphatic rings. The largest absolute Gasteiger partial charge is 0.294 e. The van der Waals surface area contributed by atoms with Gasteiger partial charge < -0.3 is 0 Å². The second-order valence-corrected chi connectivity index (χ2v) is 7.62. The van der Waals surface area contributed by atoms with Gasteiger partial charge in [0.15, 0.2) is 5.78 Å². The zero-order valence-electron chi connectivity index (χ0n) is 13.1. The van der Waals surface area contributed by atoms with Crippen molar-refractivity contribution < 1.29 is 4.79 Å². The van der Waals surface area contributed by atoms with Crippen LogP contribution in [0.25, 0.3) is 0 Å². The summed E-state index contributed by atoms with van der Waals surface area (Å²) < 4.78 is 0. The van der Waals surface area contributed by atoms with Gasteiger partial charge in [0.1, 0.15) is 0 Å². The molecule has 1 aromatic carbocycles. The highest BCUT2D eigenvalue weighted by atomic mass is 35.5. The Morgan fingerprint density at radius 3 is 2.30 bits per heavy atom. The van der Waals surface area contributed by atoms with E-state index in [0.717, 1.165) is 12.0 Å². The lowest BCUT2D eigenvalue weighted by atomic mass is 9.63. The lowest BCUT2D eigenvalue weighted by Gasteiger charge is -2.42. The van der Waals surface area contributed by atoms with Crippen molar-refractivity contribution in [2.24, 2.45) is 0 Å². The molecule has 2 rings (SSSR count). The molecule has 1 aliphatic carbocycles. The smallest absolute Gasteiger partial charge is 0.162 e. The SMILES string of the molecule is CC1(C)CCC(C)(C)c2cc(C(=O)CCCCl)ccc21. The van der Waals surface area contributed by atoms with Gasteiger partial charge in [0.25, 0.3) is 0 Å². The van der Waals surface area contributed by atoms with E-state index < -0.39 is 0 Å². The van der Waals surface area contributed by atoms with Crippen molar-refractivity contribution in [2.75, 3.05) is 5.88 Å². The third-order valence-corrected chi connectivity index (χ3v) is 4.98. The average molecular weight is 293 g/mol. The summed E-state index contributed by atoms with van der Waals surface area (Å²) in [4.78, 5) is 12.2. The van der Waals surface area contributed by atoms with Gasteiger partial charge in [0, 0.05) is 17.9 Å². The Bertz CT molecular complexity index is 514. The molecule has 1 nitrogen and oxygen atoms in total. The van der Waals surface area contributed by atoms with Gasteiger partial charge in [-0.2, -0.15) is 0 Å². The number of halogens is 1. The molecule has 0 N–H and O–H groups in total. The van der Waals surface area contributed by atoms with Gasteiger partial charge in [-0.15, -0.1) is 11.6 Å². The molecule has 0 amide bonds. The zero-order valence-corrected chi connectivity index (χ0v) is 13.8. The van der Waals surface area contributed by atoms with Gasteiger partial charge in [-0.1, -0.05) is 39.8 Å². The van der Waals surface area contributed by atoms with Gasteiger partial charge in [-0.3, -0.25) is 4.79 Å². The van der Waals surface area contributed by atoms with E-state index in [1.807, 2.05) is 6.07 Å². The van der Waals surface area contributed by atoms with Crippen LogP contribution >= 0.6 is 11.6 Å². The van der Waals surface area contributed by atoms with E-state index >= 15 is 0 Å². The molecule has 0 saturated carbocycles. The Balaban J connectivity index is 2.41. The molecular weight excluding hydrogens is 268 g/mol. The second kappa shape index (κ2) is 5.52. The number of Topliss-reactive ketones (excluding diaryl/α,β-unsaturated/α-hetero) is 1. The van der Waals surface area contributed by atoms with Crippen LogP contribution in [-0.2, 0) is 10.8 Å². The normalized spacial score (nSPS) is 19.4. The van der Waals surface area contributed by atoms with Crippen LogP contribution in [0.4, 0.5) is 0 Å². The van der Waals surface area contributed by atoms with Crippen molar-refractivity contribution in [3.05, 3.63) is 34.9 Å². The van der Waals surface area contributed by atoms with E-state index in [0.29, 0.717) is 12.3 Å². The fourth-order valence-electron chi connectivity index (χ4n) is 3.13. The summed E-state index contributed by atoms with van der Waals surface area (Å²) in [5.74, 6) is 0.766. The topological polar surface area (TPSA) is 17.1 Å². The Morgan fingerprint density at radius 1 is 1.10 bits per heavy atom. The third kappa shape index (κ3) is 2.93. The van der Waals surface area contributed by atoms with E-state index in [1.165, 1.54) is 24.0 Å². The van der Waals surface area contributed by atoms with E-state index in [9.17, 15) is 4.79 Å². The first-order valence-electron chi connectivity index (χ1n) is 7.52. The molecule has 1 aromatic rings. The maximum Gasteiger partial charge on any atom is 0.162 e. The molecule has 0 spiro atoms. The van der Waals surface area contributed by atoms with Crippen LogP contribution in [0.15, 0.2) is 18.2 Å². The molecule has 0 heterocycles. The highest BCUT2D eigenvalue weighted by molar-refractivity contribution is 6.18. The van der Waals surface area contributed by atoms with E-state index in [1.54, 1.807) is 0 Å². The molecule has 110 valence electrons. The average Bonchev–Trinajstić information content (AvgIpc) is 2.41. The molecule has 0 bridgehead atoms. The quantitative estimate of drug-likeness (QED) is 0.548. The Labute approximate surface area is 127 Å². The lowest BCUT2D eigenvalue weighted by Crippen LogP contribution is -2.34. The monoisotopic (exact) mass is 292 g/mol. The fourth-order valence-corrected chi connectivity index (χ4v) is 3.27. The van der Waals surface area contributed by atoms with Gasteiger partial charge in [-0.25, -0.2) is 0 Å². The van der Waals surface area contributed by atoms with E-state index in [4.69, 9.17) is 11.6 Å². The molecular formula is C18H25ClO. The van der Waals surface area contributed by atoms with Crippen molar-refractivity contribution in [2.45, 2.75) is 64.2 Å². The van der Waals surface area contributed by atoms with Crippen LogP contribution in [0, 0.1) is 0 Å². The number of hydrogen-bond acceptors (Lipinski definition) is 1. The van der Waals surface area contributed by atoms with Crippen LogP contribution in [0.3, 0.4) is 0 Å². The predicted octanol–water partition coefficient (Wildman–Crippen LogP) is 5.24. The Morgan fingerprint density at radius 2 is 1.70 bits per heavy atom. The minimum atomic E-state index is 0.160. The van der Waals surface area contributed by atoms with Crippen LogP contribution in [0.5, 0.6) is 0 Å². The predicted molar refractivity (Wildman–Crippen MR) is 86.0 cm³/mol. The molecule has 0 atom stereocenters. The van der Waals surface area contributed by atoms with Crippen LogP contribution in [0.1, 0.15) is 74.9 Å². The first-order chi connectivity index (χ1) is 9.28. The standard InChI is InChI=1S/C18H25ClO/c1-17(2)9-10-18(3,4)15-12-13(7-8-14(15)17)16(20)6-5-11-19/h7-8,12H,5-6,9-11H2,1-4H3. The van der Waals surface area contributed by atoms with Gasteiger partial charge in [0.05, 0.1) is 0 Å². The number of benzene rings is 1. The minimum Gasteiger partial charge on any atom is -0.294 e. The van der Waals surface area contributed by atoms with Crippen LogP contribution in [0.2, 0.25) is 0 Å². The van der Waals surface area contributed by atoms with E-state index in [-0.39, 0.29) is 16.6 Å². The molecule has 2 heteroatoms. The molecule has 20 heavy (non-hydrogen) atoms. The van der Waals surface area contributed by atoms with Crippen LogP contribution in [-0.4, -0.2) is 11.7 Å². The number of fused-ring (bicyclic) bond motifs is 1. The molecule has 0 unspecified atom stereocenters. The fraction of sp³-hybridized carbons (Fsp3) is 0.611. The highest BCUT2D eigenvalue weighted by Crippen LogP contribution is 2.45. The van der Waals surface area contributed by atoms with Gasteiger partial charge in [-0.05, 0) is 47.3 Å². The first-order valence-corrected chi connectivity index (χ1v) is 8.05. The first kappa shape index (κ1) is 15.6. The maximum absolute atomic E-state index is 12.2. The summed E-state index contributed by atoms with van der Waals surface area (Å²) in [6.07, 6.45) is 3.68. The van der Waals surface area contributed by atoms with E-state index in [2.05, 4.69) is 39.8 Å². The lowest BCUT2D eigenvalue weighted by molar-refractivity contribution is 0.0981. The van der Waals surface area contributed by atoms with Crippen LogP contribution < -0.4 is 0 Å². The second-order valence-electron chi connectivity index (χ2n) is 7.24. The number of alkyl halides is 1. The highest BCUT2D eigenvalue weighted by Gasteiger charge is 2.37. The molecule has 0 saturated heterocycles. The summed E-state index contributed by atoms with van der Waals surface area (Å²) in [5.41, 5.74) is 3.98. The summed E-state index contributed by atoms with van der Waals surface area (Å²) in [6.45, 7) is 9.17. The number of rotatable bonds is 4. The number of carbonyl (C=O) groups excluding carboxylic acids is 1. The Kier molecular flexibility index (Phi) is 4.30. The van der Waals surface area contributed by atoms with Crippen molar-refractivity contribution in [3.8, 4) is 0 Å². The van der Waals surface area contributed by atoms with Crippen molar-refractivity contribution in [1.29, 1.82) is 0 Å². The molecule has 0 aliphatic heterocycles. The van der Waals surface area contributed by atoms with Gasteiger partial charge in [0.2, 0.25) is 0 Å². The minimum absolute atomic E-state index is 0.160. The maximum atomic E-state index is 12.2. The summed E-state index contributed by atoms with van der Waals surface area (Å²) in [6, 6.07) is 6.30. The summed E-state index contributed by atoms with van der Waals surface area (Å²) in [7, 11) is 0. The van der Waals surface area contributed by atoms with Crippen molar-refractivity contribution in [1.82, 2.24) is 0 Å². The van der Waals surface area contributed by atoms with Crippen molar-refractivity contribution >= 4 is 17.4 Å². The summed E-state index contributed by atoms with van der Waals surface area (Å²) >= 11 is 5.68. The van der Waals surface area contributed by atoms with Crippen molar-refractivity contribution in [3.63, 3.8) is 0 Å². The zero-order chi connectivity index (χ0) is 15.0. The molecule has 0 aromatic heterocycles. The van der Waals surface area contributed by atoms with Gasteiger partial charge >= 0.3 is 0 Å². The Hall–Kier alpha value is -0.820. The molecule has 0 fully saturated rings. The molecule has 0 radical (unpaired) electrons. The number of hydrogen-bond donors (Lipinski definition) is 0. The third-order valence-electron chi connectivity index (χ3n) is 4.71. The number of carbonyl (C=O) groups is 1.